The van der Waals surface area contributed by atoms with Gasteiger partial charge in [0.2, 0.25) is 0 Å². The van der Waals surface area contributed by atoms with E-state index in [4.69, 9.17) is 4.74 Å². The third-order valence-electron chi connectivity index (χ3n) is 5.15. The topological polar surface area (TPSA) is 44.8 Å². The predicted molar refractivity (Wildman–Crippen MR) is 96.1 cm³/mol. The van der Waals surface area contributed by atoms with Crippen molar-refractivity contribution in [3.63, 3.8) is 0 Å². The number of carbonyl (C=O) groups is 1. The van der Waals surface area contributed by atoms with E-state index in [1.807, 2.05) is 4.90 Å². The highest BCUT2D eigenvalue weighted by Crippen LogP contribution is 2.22. The number of anilines is 1. The van der Waals surface area contributed by atoms with Crippen LogP contribution in [0.1, 0.15) is 31.2 Å². The van der Waals surface area contributed by atoms with Crippen molar-refractivity contribution in [2.45, 2.75) is 32.3 Å². The number of nitrogens with zero attached hydrogens (tertiary/aromatic N) is 2. The van der Waals surface area contributed by atoms with Gasteiger partial charge in [0, 0.05) is 38.0 Å². The molecule has 0 saturated carbocycles. The van der Waals surface area contributed by atoms with Crippen molar-refractivity contribution < 1.29 is 13.9 Å². The first-order valence-electron chi connectivity index (χ1n) is 9.21. The third-order valence-corrected chi connectivity index (χ3v) is 5.15. The highest BCUT2D eigenvalue weighted by Gasteiger charge is 2.28. The number of hydrogen-bond acceptors (Lipinski definition) is 3. The van der Waals surface area contributed by atoms with Gasteiger partial charge in [-0.15, -0.1) is 0 Å². The number of piperidine rings is 1. The number of methoxy groups -OCH3 is 1. The first-order chi connectivity index (χ1) is 12.2. The van der Waals surface area contributed by atoms with Crippen LogP contribution >= 0.6 is 0 Å². The van der Waals surface area contributed by atoms with Gasteiger partial charge in [-0.1, -0.05) is 6.42 Å². The summed E-state index contributed by atoms with van der Waals surface area (Å²) in [4.78, 5) is 17.0. The lowest BCUT2D eigenvalue weighted by molar-refractivity contribution is 0.185. The number of urea groups is 1. The molecule has 1 N–H and O–H groups in total. The second kappa shape index (κ2) is 8.63. The van der Waals surface area contributed by atoms with Crippen LogP contribution in [0.15, 0.2) is 18.2 Å². The zero-order valence-corrected chi connectivity index (χ0v) is 15.0. The Morgan fingerprint density at radius 2 is 2.08 bits per heavy atom. The molecule has 2 amide bonds. The zero-order chi connectivity index (χ0) is 17.6. The number of halogens is 1. The highest BCUT2D eigenvalue weighted by atomic mass is 19.1. The molecule has 0 spiro atoms. The molecule has 2 saturated heterocycles. The number of ether oxygens (including phenoxy) is 1. The van der Waals surface area contributed by atoms with E-state index in [2.05, 4.69) is 10.2 Å². The molecule has 0 aliphatic carbocycles. The number of benzene rings is 1. The molecule has 2 aliphatic heterocycles. The Hall–Kier alpha value is -1.66. The SMILES string of the molecule is COCc1cc(F)ccc1NC(=O)N1CCC(CN2CCCCC2)C1. The summed E-state index contributed by atoms with van der Waals surface area (Å²) in [7, 11) is 1.56. The van der Waals surface area contributed by atoms with E-state index < -0.39 is 0 Å². The van der Waals surface area contributed by atoms with E-state index in [1.54, 1.807) is 13.2 Å². The minimum Gasteiger partial charge on any atom is -0.380 e. The van der Waals surface area contributed by atoms with Crippen LogP contribution < -0.4 is 5.32 Å². The molecule has 5 nitrogen and oxygen atoms in total. The second-order valence-electron chi connectivity index (χ2n) is 7.13. The van der Waals surface area contributed by atoms with Crippen molar-refractivity contribution in [1.29, 1.82) is 0 Å². The molecule has 25 heavy (non-hydrogen) atoms. The number of likely N-dealkylation sites (tertiary alicyclic amines) is 2. The van der Waals surface area contributed by atoms with Crippen LogP contribution in [-0.2, 0) is 11.3 Å². The van der Waals surface area contributed by atoms with Crippen LogP contribution in [0.25, 0.3) is 0 Å². The maximum atomic E-state index is 13.4. The van der Waals surface area contributed by atoms with Crippen molar-refractivity contribution in [3.8, 4) is 0 Å². The largest absolute Gasteiger partial charge is 0.380 e. The van der Waals surface area contributed by atoms with E-state index in [-0.39, 0.29) is 18.5 Å². The molecule has 2 fully saturated rings. The fraction of sp³-hybridized carbons (Fsp3) is 0.632. The Morgan fingerprint density at radius 1 is 1.28 bits per heavy atom. The number of rotatable bonds is 5. The summed E-state index contributed by atoms with van der Waals surface area (Å²) >= 11 is 0. The predicted octanol–water partition coefficient (Wildman–Crippen LogP) is 3.31. The molecular weight excluding hydrogens is 321 g/mol. The molecule has 3 rings (SSSR count). The summed E-state index contributed by atoms with van der Waals surface area (Å²) < 4.78 is 18.5. The highest BCUT2D eigenvalue weighted by molar-refractivity contribution is 5.90. The number of carbonyl (C=O) groups excluding carboxylic acids is 1. The Morgan fingerprint density at radius 3 is 2.84 bits per heavy atom. The summed E-state index contributed by atoms with van der Waals surface area (Å²) in [5, 5.41) is 2.92. The first kappa shape index (κ1) is 18.1. The average molecular weight is 349 g/mol. The van der Waals surface area contributed by atoms with Gasteiger partial charge in [0.05, 0.1) is 6.61 Å². The lowest BCUT2D eigenvalue weighted by Crippen LogP contribution is -2.37. The number of amides is 2. The normalized spacial score (nSPS) is 21.5. The molecule has 1 aromatic carbocycles. The fourth-order valence-corrected chi connectivity index (χ4v) is 3.83. The van der Waals surface area contributed by atoms with Crippen molar-refractivity contribution in [2.24, 2.45) is 5.92 Å². The van der Waals surface area contributed by atoms with Gasteiger partial charge in [-0.2, -0.15) is 0 Å². The summed E-state index contributed by atoms with van der Waals surface area (Å²) in [5.74, 6) is 0.225. The minimum absolute atomic E-state index is 0.106. The molecule has 1 unspecified atom stereocenters. The van der Waals surface area contributed by atoms with E-state index in [0.717, 1.165) is 26.1 Å². The quantitative estimate of drug-likeness (QED) is 0.887. The monoisotopic (exact) mass is 349 g/mol. The van der Waals surface area contributed by atoms with Crippen LogP contribution in [-0.4, -0.2) is 55.7 Å². The maximum absolute atomic E-state index is 13.4. The van der Waals surface area contributed by atoms with E-state index in [0.29, 0.717) is 17.2 Å². The van der Waals surface area contributed by atoms with Crippen molar-refractivity contribution in [1.82, 2.24) is 9.80 Å². The molecular formula is C19H28FN3O2. The van der Waals surface area contributed by atoms with Crippen LogP contribution in [0.3, 0.4) is 0 Å². The van der Waals surface area contributed by atoms with Gasteiger partial charge in [0.1, 0.15) is 5.82 Å². The molecule has 0 aromatic heterocycles. The van der Waals surface area contributed by atoms with E-state index in [9.17, 15) is 9.18 Å². The fourth-order valence-electron chi connectivity index (χ4n) is 3.83. The van der Waals surface area contributed by atoms with Gasteiger partial charge in [-0.05, 0) is 56.5 Å². The summed E-state index contributed by atoms with van der Waals surface area (Å²) in [6, 6.07) is 4.26. The molecule has 0 radical (unpaired) electrons. The minimum atomic E-state index is -0.326. The lowest BCUT2D eigenvalue weighted by atomic mass is 10.1. The molecule has 1 aromatic rings. The second-order valence-corrected chi connectivity index (χ2v) is 7.13. The van der Waals surface area contributed by atoms with Crippen LogP contribution in [0.5, 0.6) is 0 Å². The van der Waals surface area contributed by atoms with Gasteiger partial charge in [-0.25, -0.2) is 9.18 Å². The average Bonchev–Trinajstić information content (AvgIpc) is 3.07. The van der Waals surface area contributed by atoms with Gasteiger partial charge >= 0.3 is 6.03 Å². The Kier molecular flexibility index (Phi) is 6.26. The lowest BCUT2D eigenvalue weighted by Gasteiger charge is -2.29. The Balaban J connectivity index is 1.53. The number of hydrogen-bond donors (Lipinski definition) is 1. The molecule has 0 bridgehead atoms. The summed E-state index contributed by atoms with van der Waals surface area (Å²) in [6.45, 7) is 5.33. The van der Waals surface area contributed by atoms with Crippen LogP contribution in [0.4, 0.5) is 14.9 Å². The smallest absolute Gasteiger partial charge is 0.321 e. The van der Waals surface area contributed by atoms with Gasteiger partial charge in [0.25, 0.3) is 0 Å². The third kappa shape index (κ3) is 4.92. The number of nitrogens with one attached hydrogen (secondary N) is 1. The molecule has 2 aliphatic rings. The van der Waals surface area contributed by atoms with Crippen molar-refractivity contribution in [2.75, 3.05) is 45.2 Å². The van der Waals surface area contributed by atoms with Gasteiger partial charge < -0.3 is 19.9 Å². The van der Waals surface area contributed by atoms with Gasteiger partial charge in [-0.3, -0.25) is 0 Å². The van der Waals surface area contributed by atoms with Gasteiger partial charge in [0.15, 0.2) is 0 Å². The molecule has 1 atom stereocenters. The zero-order valence-electron chi connectivity index (χ0n) is 15.0. The summed E-state index contributed by atoms with van der Waals surface area (Å²) in [5.41, 5.74) is 1.27. The standard InChI is InChI=1S/C19H28FN3O2/c1-25-14-16-11-17(20)5-6-18(16)21-19(24)23-10-7-15(13-23)12-22-8-3-2-4-9-22/h5-6,11,15H,2-4,7-10,12-14H2,1H3,(H,21,24). The van der Waals surface area contributed by atoms with E-state index in [1.165, 1.54) is 44.5 Å². The Bertz CT molecular complexity index is 590. The summed E-state index contributed by atoms with van der Waals surface area (Å²) in [6.07, 6.45) is 4.99. The van der Waals surface area contributed by atoms with Crippen LogP contribution in [0.2, 0.25) is 0 Å². The van der Waals surface area contributed by atoms with Crippen LogP contribution in [0, 0.1) is 11.7 Å². The maximum Gasteiger partial charge on any atom is 0.321 e. The molecule has 6 heteroatoms. The van der Waals surface area contributed by atoms with Crippen molar-refractivity contribution in [3.05, 3.63) is 29.6 Å². The Labute approximate surface area is 149 Å². The van der Waals surface area contributed by atoms with E-state index >= 15 is 0 Å². The van der Waals surface area contributed by atoms with Crippen molar-refractivity contribution >= 4 is 11.7 Å². The first-order valence-corrected chi connectivity index (χ1v) is 9.21. The molecule has 138 valence electrons. The molecule has 2 heterocycles.